The van der Waals surface area contributed by atoms with Crippen molar-refractivity contribution in [3.63, 3.8) is 0 Å². The standard InChI is InChI=1S/C20H14F2N6/c1-12-4-3-7-28-17(11-24-19(12)28)18-13(8-23)9-25-20(27-18)26-10-14-15(21)5-2-6-16(14)22/h2-7,9,11H,10H2,1H3,(H,25,26,27). The maximum absolute atomic E-state index is 13.8. The first kappa shape index (κ1) is 17.5. The van der Waals surface area contributed by atoms with Gasteiger partial charge < -0.3 is 5.32 Å². The predicted octanol–water partition coefficient (Wildman–Crippen LogP) is 3.86. The molecular weight excluding hydrogens is 362 g/mol. The monoisotopic (exact) mass is 376 g/mol. The van der Waals surface area contributed by atoms with Gasteiger partial charge in [0.25, 0.3) is 0 Å². The Morgan fingerprint density at radius 3 is 2.64 bits per heavy atom. The van der Waals surface area contributed by atoms with Crippen molar-refractivity contribution in [1.82, 2.24) is 19.4 Å². The molecule has 0 spiro atoms. The van der Waals surface area contributed by atoms with Gasteiger partial charge in [-0.25, -0.2) is 23.7 Å². The van der Waals surface area contributed by atoms with Gasteiger partial charge in [-0.2, -0.15) is 5.26 Å². The van der Waals surface area contributed by atoms with Crippen LogP contribution in [0.3, 0.4) is 0 Å². The lowest BCUT2D eigenvalue weighted by Gasteiger charge is -2.09. The smallest absolute Gasteiger partial charge is 0.223 e. The molecule has 0 atom stereocenters. The van der Waals surface area contributed by atoms with Crippen LogP contribution in [0.15, 0.2) is 48.9 Å². The first-order chi connectivity index (χ1) is 13.6. The molecule has 0 saturated carbocycles. The Morgan fingerprint density at radius 1 is 1.11 bits per heavy atom. The number of aromatic nitrogens is 4. The summed E-state index contributed by atoms with van der Waals surface area (Å²) in [5.41, 5.74) is 2.90. The second-order valence-corrected chi connectivity index (χ2v) is 6.15. The van der Waals surface area contributed by atoms with Gasteiger partial charge in [-0.1, -0.05) is 12.1 Å². The maximum atomic E-state index is 13.8. The zero-order valence-corrected chi connectivity index (χ0v) is 14.8. The van der Waals surface area contributed by atoms with Crippen molar-refractivity contribution >= 4 is 11.6 Å². The van der Waals surface area contributed by atoms with Crippen molar-refractivity contribution in [1.29, 1.82) is 5.26 Å². The van der Waals surface area contributed by atoms with Crippen molar-refractivity contribution in [3.8, 4) is 17.5 Å². The van der Waals surface area contributed by atoms with E-state index in [1.54, 1.807) is 6.20 Å². The molecule has 0 saturated heterocycles. The Balaban J connectivity index is 1.72. The van der Waals surface area contributed by atoms with Crippen LogP contribution in [0, 0.1) is 29.9 Å². The van der Waals surface area contributed by atoms with Crippen molar-refractivity contribution < 1.29 is 8.78 Å². The summed E-state index contributed by atoms with van der Waals surface area (Å²) in [5, 5.41) is 12.3. The van der Waals surface area contributed by atoms with E-state index in [-0.39, 0.29) is 23.6 Å². The number of rotatable bonds is 4. The number of aryl methyl sites for hydroxylation is 1. The maximum Gasteiger partial charge on any atom is 0.223 e. The summed E-state index contributed by atoms with van der Waals surface area (Å²) in [6.45, 7) is 1.81. The van der Waals surface area contributed by atoms with E-state index in [0.29, 0.717) is 11.4 Å². The molecule has 8 heteroatoms. The molecule has 0 radical (unpaired) electrons. The molecule has 6 nitrogen and oxygen atoms in total. The van der Waals surface area contributed by atoms with Crippen molar-refractivity contribution in [2.75, 3.05) is 5.32 Å². The summed E-state index contributed by atoms with van der Waals surface area (Å²) in [4.78, 5) is 12.9. The Hall–Kier alpha value is -3.86. The minimum atomic E-state index is -0.654. The third kappa shape index (κ3) is 3.03. The molecule has 138 valence electrons. The van der Waals surface area contributed by atoms with Crippen LogP contribution >= 0.6 is 0 Å². The van der Waals surface area contributed by atoms with Crippen LogP contribution < -0.4 is 5.32 Å². The van der Waals surface area contributed by atoms with E-state index in [9.17, 15) is 14.0 Å². The van der Waals surface area contributed by atoms with E-state index in [0.717, 1.165) is 11.2 Å². The van der Waals surface area contributed by atoms with Gasteiger partial charge in [-0.3, -0.25) is 4.40 Å². The number of nitriles is 1. The number of nitrogens with zero attached hydrogens (tertiary/aromatic N) is 5. The van der Waals surface area contributed by atoms with Gasteiger partial charge in [-0.15, -0.1) is 0 Å². The molecule has 3 heterocycles. The van der Waals surface area contributed by atoms with Gasteiger partial charge >= 0.3 is 0 Å². The van der Waals surface area contributed by atoms with Crippen LogP contribution in [-0.2, 0) is 6.54 Å². The van der Waals surface area contributed by atoms with Crippen molar-refractivity contribution in [2.24, 2.45) is 0 Å². The lowest BCUT2D eigenvalue weighted by Crippen LogP contribution is -2.08. The van der Waals surface area contributed by atoms with Crippen LogP contribution in [0.5, 0.6) is 0 Å². The van der Waals surface area contributed by atoms with Crippen molar-refractivity contribution in [2.45, 2.75) is 13.5 Å². The Bertz CT molecular complexity index is 1210. The van der Waals surface area contributed by atoms with E-state index < -0.39 is 11.6 Å². The van der Waals surface area contributed by atoms with Crippen LogP contribution in [0.4, 0.5) is 14.7 Å². The van der Waals surface area contributed by atoms with E-state index in [1.807, 2.05) is 29.7 Å². The highest BCUT2D eigenvalue weighted by Gasteiger charge is 2.15. The normalized spacial score (nSPS) is 10.8. The molecule has 0 aliphatic heterocycles. The van der Waals surface area contributed by atoms with Gasteiger partial charge in [0.2, 0.25) is 5.95 Å². The van der Waals surface area contributed by atoms with Gasteiger partial charge in [0.1, 0.15) is 29.0 Å². The molecule has 4 rings (SSSR count). The summed E-state index contributed by atoms with van der Waals surface area (Å²) in [6, 6.07) is 9.56. The largest absolute Gasteiger partial charge is 0.350 e. The number of nitrogens with one attached hydrogen (secondary N) is 1. The molecule has 1 aromatic carbocycles. The molecule has 0 aliphatic rings. The molecule has 0 aliphatic carbocycles. The highest BCUT2D eigenvalue weighted by molar-refractivity contribution is 5.68. The van der Waals surface area contributed by atoms with Crippen LogP contribution in [0.1, 0.15) is 16.7 Å². The van der Waals surface area contributed by atoms with Gasteiger partial charge in [0.05, 0.1) is 23.7 Å². The highest BCUT2D eigenvalue weighted by Crippen LogP contribution is 2.24. The lowest BCUT2D eigenvalue weighted by atomic mass is 10.2. The van der Waals surface area contributed by atoms with E-state index in [2.05, 4.69) is 26.3 Å². The Labute approximate surface area is 159 Å². The second kappa shape index (κ2) is 7.04. The van der Waals surface area contributed by atoms with Gasteiger partial charge in [-0.05, 0) is 30.7 Å². The van der Waals surface area contributed by atoms with Gasteiger partial charge in [0.15, 0.2) is 0 Å². The molecule has 4 aromatic rings. The third-order valence-electron chi connectivity index (χ3n) is 4.37. The average molecular weight is 376 g/mol. The third-order valence-corrected chi connectivity index (χ3v) is 4.37. The zero-order valence-electron chi connectivity index (χ0n) is 14.8. The number of imidazole rings is 1. The predicted molar refractivity (Wildman–Crippen MR) is 99.4 cm³/mol. The quantitative estimate of drug-likeness (QED) is 0.585. The van der Waals surface area contributed by atoms with Crippen molar-refractivity contribution in [3.05, 3.63) is 77.2 Å². The van der Waals surface area contributed by atoms with E-state index in [4.69, 9.17) is 0 Å². The number of halogens is 2. The number of hydrogen-bond donors (Lipinski definition) is 1. The molecule has 0 fully saturated rings. The highest BCUT2D eigenvalue weighted by atomic mass is 19.1. The minimum absolute atomic E-state index is 0.109. The summed E-state index contributed by atoms with van der Waals surface area (Å²) >= 11 is 0. The summed E-state index contributed by atoms with van der Waals surface area (Å²) in [5.74, 6) is -1.16. The molecule has 28 heavy (non-hydrogen) atoms. The Morgan fingerprint density at radius 2 is 1.89 bits per heavy atom. The summed E-state index contributed by atoms with van der Waals surface area (Å²) < 4.78 is 29.5. The number of fused-ring (bicyclic) bond motifs is 1. The number of hydrogen-bond acceptors (Lipinski definition) is 5. The second-order valence-electron chi connectivity index (χ2n) is 6.15. The molecule has 0 amide bonds. The first-order valence-electron chi connectivity index (χ1n) is 8.45. The molecular formula is C20H14F2N6. The van der Waals surface area contributed by atoms with Gasteiger partial charge in [0, 0.05) is 18.3 Å². The topological polar surface area (TPSA) is 78.9 Å². The van der Waals surface area contributed by atoms with Crippen LogP contribution in [0.25, 0.3) is 17.0 Å². The number of benzene rings is 1. The van der Waals surface area contributed by atoms with E-state index >= 15 is 0 Å². The van der Waals surface area contributed by atoms with Crippen LogP contribution in [-0.4, -0.2) is 19.4 Å². The fourth-order valence-corrected chi connectivity index (χ4v) is 2.94. The molecule has 0 bridgehead atoms. The van der Waals surface area contributed by atoms with E-state index in [1.165, 1.54) is 24.4 Å². The summed E-state index contributed by atoms with van der Waals surface area (Å²) in [7, 11) is 0. The average Bonchev–Trinajstić information content (AvgIpc) is 3.13. The SMILES string of the molecule is Cc1cccn2c(-c3nc(NCc4c(F)cccc4F)ncc3C#N)cnc12. The molecule has 3 aromatic heterocycles. The Kier molecular flexibility index (Phi) is 4.41. The molecule has 0 unspecified atom stereocenters. The minimum Gasteiger partial charge on any atom is -0.350 e. The number of pyridine rings is 1. The number of anilines is 1. The first-order valence-corrected chi connectivity index (χ1v) is 8.45. The fraction of sp³-hybridized carbons (Fsp3) is 0.100. The zero-order chi connectivity index (χ0) is 19.7. The molecule has 1 N–H and O–H groups in total. The summed E-state index contributed by atoms with van der Waals surface area (Å²) in [6.07, 6.45) is 4.83. The lowest BCUT2D eigenvalue weighted by molar-refractivity contribution is 0.559. The fourth-order valence-electron chi connectivity index (χ4n) is 2.94. The van der Waals surface area contributed by atoms with Crippen LogP contribution in [0.2, 0.25) is 0 Å².